The molecule has 2 aromatic rings. The van der Waals surface area contributed by atoms with Crippen LogP contribution in [0.3, 0.4) is 0 Å². The molecule has 0 radical (unpaired) electrons. The molecule has 92 valence electrons. The summed E-state index contributed by atoms with van der Waals surface area (Å²) in [5.41, 5.74) is 1.87. The lowest BCUT2D eigenvalue weighted by Gasteiger charge is -2.20. The molecule has 2 aromatic carbocycles. The summed E-state index contributed by atoms with van der Waals surface area (Å²) < 4.78 is 7.21. The number of hydrogen-bond donors (Lipinski definition) is 1. The van der Waals surface area contributed by atoms with Gasteiger partial charge in [-0.05, 0) is 30.1 Å². The lowest BCUT2D eigenvalue weighted by Crippen LogP contribution is -2.15. The van der Waals surface area contributed by atoms with Crippen LogP contribution in [0.5, 0.6) is 5.75 Å². The van der Waals surface area contributed by atoms with Crippen LogP contribution >= 0.6 is 11.9 Å². The molecule has 3 rings (SSSR count). The molecule has 0 aliphatic carbocycles. The van der Waals surface area contributed by atoms with Crippen LogP contribution in [0.25, 0.3) is 0 Å². The number of hydrogen-bond acceptors (Lipinski definition) is 4. The van der Waals surface area contributed by atoms with Gasteiger partial charge in [0.25, 0.3) is 0 Å². The number of methoxy groups -OCH3 is 1. The van der Waals surface area contributed by atoms with Crippen molar-refractivity contribution in [1.82, 2.24) is 0 Å². The van der Waals surface area contributed by atoms with Crippen LogP contribution in [0.15, 0.2) is 53.4 Å². The molecule has 18 heavy (non-hydrogen) atoms. The number of nitrogens with zero attached hydrogens (tertiary/aromatic N) is 1. The van der Waals surface area contributed by atoms with Crippen LogP contribution in [-0.4, -0.2) is 12.2 Å². The highest BCUT2D eigenvalue weighted by molar-refractivity contribution is 8.01. The smallest absolute Gasteiger partial charge is 0.164 e. The minimum absolute atomic E-state index is 0.637. The van der Waals surface area contributed by atoms with Crippen molar-refractivity contribution in [2.75, 3.05) is 11.4 Å². The molecule has 0 bridgehead atoms. The standard InChI is InChI=1S/C14H13NO2S/c1-17-12-9-5-8-11-13(12)18-15(14(11)16)10-6-3-2-4-7-10/h2-9,14,16H,1H3. The van der Waals surface area contributed by atoms with Gasteiger partial charge < -0.3 is 9.84 Å². The summed E-state index contributed by atoms with van der Waals surface area (Å²) in [4.78, 5) is 0.983. The molecule has 1 atom stereocenters. The zero-order valence-corrected chi connectivity index (χ0v) is 10.7. The minimum atomic E-state index is -0.637. The van der Waals surface area contributed by atoms with Gasteiger partial charge in [-0.1, -0.05) is 30.3 Å². The topological polar surface area (TPSA) is 32.7 Å². The molecular formula is C14H13NO2S. The van der Waals surface area contributed by atoms with Crippen LogP contribution in [0.1, 0.15) is 11.8 Å². The van der Waals surface area contributed by atoms with Crippen LogP contribution in [-0.2, 0) is 0 Å². The van der Waals surface area contributed by atoms with Crippen molar-refractivity contribution >= 4 is 17.6 Å². The maximum atomic E-state index is 10.4. The Bertz CT molecular complexity index is 559. The average Bonchev–Trinajstić information content (AvgIpc) is 2.77. The molecule has 1 aliphatic heterocycles. The van der Waals surface area contributed by atoms with E-state index in [0.29, 0.717) is 0 Å². The average molecular weight is 259 g/mol. The normalized spacial score (nSPS) is 17.7. The maximum absolute atomic E-state index is 10.4. The first-order valence-electron chi connectivity index (χ1n) is 5.68. The molecule has 1 N–H and O–H groups in total. The van der Waals surface area contributed by atoms with Crippen molar-refractivity contribution < 1.29 is 9.84 Å². The van der Waals surface area contributed by atoms with Gasteiger partial charge in [-0.15, -0.1) is 0 Å². The molecule has 3 nitrogen and oxygen atoms in total. The number of rotatable bonds is 2. The largest absolute Gasteiger partial charge is 0.496 e. The molecule has 0 saturated carbocycles. The van der Waals surface area contributed by atoms with E-state index in [9.17, 15) is 5.11 Å². The Hall–Kier alpha value is -1.65. The fourth-order valence-electron chi connectivity index (χ4n) is 2.04. The van der Waals surface area contributed by atoms with Crippen molar-refractivity contribution in [3.8, 4) is 5.75 Å². The van der Waals surface area contributed by atoms with Crippen LogP contribution in [0.2, 0.25) is 0 Å². The van der Waals surface area contributed by atoms with Crippen LogP contribution < -0.4 is 9.04 Å². The van der Waals surface area contributed by atoms with Gasteiger partial charge >= 0.3 is 0 Å². The Labute approximate surface area is 110 Å². The van der Waals surface area contributed by atoms with Crippen molar-refractivity contribution in [1.29, 1.82) is 0 Å². The van der Waals surface area contributed by atoms with Crippen molar-refractivity contribution in [2.24, 2.45) is 0 Å². The van der Waals surface area contributed by atoms with E-state index in [1.54, 1.807) is 7.11 Å². The highest BCUT2D eigenvalue weighted by Gasteiger charge is 2.32. The van der Waals surface area contributed by atoms with E-state index >= 15 is 0 Å². The van der Waals surface area contributed by atoms with Gasteiger partial charge in [0.2, 0.25) is 0 Å². The summed E-state index contributed by atoms with van der Waals surface area (Å²) in [5, 5.41) is 10.4. The third kappa shape index (κ3) is 1.74. The Balaban J connectivity index is 2.01. The molecule has 0 amide bonds. The molecular weight excluding hydrogens is 246 g/mol. The first-order chi connectivity index (χ1) is 8.81. The van der Waals surface area contributed by atoms with Gasteiger partial charge in [-0.3, -0.25) is 4.31 Å². The monoisotopic (exact) mass is 259 g/mol. The van der Waals surface area contributed by atoms with E-state index in [2.05, 4.69) is 0 Å². The number of para-hydroxylation sites is 1. The molecule has 0 aromatic heterocycles. The molecule has 1 unspecified atom stereocenters. The molecule has 4 heteroatoms. The summed E-state index contributed by atoms with van der Waals surface area (Å²) in [6.07, 6.45) is -0.637. The number of aliphatic hydroxyl groups is 1. The Morgan fingerprint density at radius 2 is 1.89 bits per heavy atom. The Morgan fingerprint density at radius 1 is 1.11 bits per heavy atom. The second-order valence-electron chi connectivity index (χ2n) is 4.00. The fraction of sp³-hybridized carbons (Fsp3) is 0.143. The first kappa shape index (κ1) is 11.4. The summed E-state index contributed by atoms with van der Waals surface area (Å²) in [7, 11) is 1.65. The van der Waals surface area contributed by atoms with Gasteiger partial charge in [-0.2, -0.15) is 0 Å². The number of fused-ring (bicyclic) bond motifs is 1. The van der Waals surface area contributed by atoms with E-state index in [4.69, 9.17) is 4.74 Å². The lowest BCUT2D eigenvalue weighted by molar-refractivity contribution is 0.194. The van der Waals surface area contributed by atoms with Gasteiger partial charge in [0.05, 0.1) is 17.7 Å². The van der Waals surface area contributed by atoms with E-state index in [0.717, 1.165) is 21.9 Å². The molecule has 1 aliphatic rings. The summed E-state index contributed by atoms with van der Waals surface area (Å²) >= 11 is 1.51. The first-order valence-corrected chi connectivity index (χ1v) is 6.46. The highest BCUT2D eigenvalue weighted by atomic mass is 32.2. The van der Waals surface area contributed by atoms with Gasteiger partial charge in [0, 0.05) is 5.56 Å². The molecule has 0 saturated heterocycles. The van der Waals surface area contributed by atoms with Gasteiger partial charge in [-0.25, -0.2) is 0 Å². The zero-order valence-electron chi connectivity index (χ0n) is 9.91. The number of anilines is 1. The van der Waals surface area contributed by atoms with Crippen molar-refractivity contribution in [3.63, 3.8) is 0 Å². The third-order valence-electron chi connectivity index (χ3n) is 2.93. The van der Waals surface area contributed by atoms with Crippen LogP contribution in [0, 0.1) is 0 Å². The zero-order chi connectivity index (χ0) is 12.5. The molecule has 1 heterocycles. The van der Waals surface area contributed by atoms with E-state index in [1.807, 2.05) is 52.8 Å². The predicted molar refractivity (Wildman–Crippen MR) is 72.7 cm³/mol. The summed E-state index contributed by atoms with van der Waals surface area (Å²) in [6.45, 7) is 0. The van der Waals surface area contributed by atoms with Gasteiger partial charge in [0.15, 0.2) is 6.23 Å². The quantitative estimate of drug-likeness (QED) is 0.839. The number of ether oxygens (including phenoxy) is 1. The number of benzene rings is 2. The number of aliphatic hydroxyl groups excluding tert-OH is 1. The van der Waals surface area contributed by atoms with E-state index in [1.165, 1.54) is 11.9 Å². The highest BCUT2D eigenvalue weighted by Crippen LogP contribution is 2.49. The van der Waals surface area contributed by atoms with Crippen molar-refractivity contribution in [3.05, 3.63) is 54.1 Å². The second-order valence-corrected chi connectivity index (χ2v) is 4.99. The van der Waals surface area contributed by atoms with Crippen LogP contribution in [0.4, 0.5) is 5.69 Å². The fourth-order valence-corrected chi connectivity index (χ4v) is 3.20. The summed E-state index contributed by atoms with van der Waals surface area (Å²) in [5.74, 6) is 0.801. The molecule has 0 fully saturated rings. The van der Waals surface area contributed by atoms with E-state index in [-0.39, 0.29) is 0 Å². The minimum Gasteiger partial charge on any atom is -0.496 e. The van der Waals surface area contributed by atoms with Crippen molar-refractivity contribution in [2.45, 2.75) is 11.1 Å². The SMILES string of the molecule is COc1cccc2c1SN(c1ccccc1)C2O. The summed E-state index contributed by atoms with van der Waals surface area (Å²) in [6, 6.07) is 15.6. The second kappa shape index (κ2) is 4.55. The lowest BCUT2D eigenvalue weighted by atomic mass is 10.2. The van der Waals surface area contributed by atoms with Gasteiger partial charge in [0.1, 0.15) is 5.75 Å². The molecule has 0 spiro atoms. The van der Waals surface area contributed by atoms with E-state index < -0.39 is 6.23 Å². The maximum Gasteiger partial charge on any atom is 0.164 e. The predicted octanol–water partition coefficient (Wildman–Crippen LogP) is 3.21. The Kier molecular flexibility index (Phi) is 2.89. The Morgan fingerprint density at radius 3 is 2.61 bits per heavy atom. The third-order valence-corrected chi connectivity index (χ3v) is 4.16.